The number of hydrogen-bond donors (Lipinski definition) is 0. The summed E-state index contributed by atoms with van der Waals surface area (Å²) in [7, 11) is 7.51. The Morgan fingerprint density at radius 3 is 2.03 bits per heavy atom. The average Bonchev–Trinajstić information content (AvgIpc) is 2.88. The van der Waals surface area contributed by atoms with Gasteiger partial charge in [-0.3, -0.25) is 0 Å². The number of carbonyl (C=O) groups excluding carboxylic acids is 1. The molecule has 0 saturated heterocycles. The summed E-state index contributed by atoms with van der Waals surface area (Å²) >= 11 is 0. The van der Waals surface area contributed by atoms with Crippen molar-refractivity contribution >= 4 is 11.7 Å². The van der Waals surface area contributed by atoms with E-state index in [0.29, 0.717) is 52.0 Å². The van der Waals surface area contributed by atoms with Gasteiger partial charge in [0.2, 0.25) is 0 Å². The first-order valence-electron chi connectivity index (χ1n) is 10.9. The molecular weight excluding hydrogens is 442 g/mol. The molecule has 0 fully saturated rings. The van der Waals surface area contributed by atoms with E-state index in [-0.39, 0.29) is 6.61 Å². The van der Waals surface area contributed by atoms with Crippen molar-refractivity contribution in [2.24, 2.45) is 4.99 Å². The predicted molar refractivity (Wildman–Crippen MR) is 125 cm³/mol. The molecule has 1 aliphatic rings. The van der Waals surface area contributed by atoms with Gasteiger partial charge in [0.1, 0.15) is 6.10 Å². The maximum Gasteiger partial charge on any atom is 0.364 e. The lowest BCUT2D eigenvalue weighted by molar-refractivity contribution is -0.192. The van der Waals surface area contributed by atoms with Gasteiger partial charge in [-0.25, -0.2) is 9.79 Å². The molecule has 2 aromatic rings. The van der Waals surface area contributed by atoms with Crippen LogP contribution in [0.1, 0.15) is 36.6 Å². The number of ether oxygens (including phenoxy) is 7. The minimum atomic E-state index is -1.77. The Balaban J connectivity index is 2.40. The van der Waals surface area contributed by atoms with Gasteiger partial charge in [-0.05, 0) is 49.7 Å². The third-order valence-electron chi connectivity index (χ3n) is 5.56. The van der Waals surface area contributed by atoms with Crippen LogP contribution in [0.2, 0.25) is 0 Å². The van der Waals surface area contributed by atoms with Crippen molar-refractivity contribution < 1.29 is 38.0 Å². The third-order valence-corrected chi connectivity index (χ3v) is 5.56. The van der Waals surface area contributed by atoms with Gasteiger partial charge >= 0.3 is 5.97 Å². The second-order valence-electron chi connectivity index (χ2n) is 7.28. The Hall–Kier alpha value is -3.30. The Bertz CT molecular complexity index is 1070. The van der Waals surface area contributed by atoms with Crippen LogP contribution in [-0.2, 0) is 19.0 Å². The van der Waals surface area contributed by atoms with E-state index >= 15 is 0 Å². The van der Waals surface area contributed by atoms with Gasteiger partial charge in [-0.15, -0.1) is 0 Å². The zero-order valence-corrected chi connectivity index (χ0v) is 20.6. The molecule has 34 heavy (non-hydrogen) atoms. The average molecular weight is 474 g/mol. The number of methoxy groups -OCH3 is 5. The van der Waals surface area contributed by atoms with E-state index in [1.807, 2.05) is 19.1 Å². The highest BCUT2D eigenvalue weighted by molar-refractivity contribution is 6.16. The smallest absolute Gasteiger partial charge is 0.364 e. The minimum absolute atomic E-state index is 0.198. The van der Waals surface area contributed by atoms with E-state index in [0.717, 1.165) is 0 Å². The number of esters is 1. The summed E-state index contributed by atoms with van der Waals surface area (Å²) in [6.07, 6.45) is -0.886. The quantitative estimate of drug-likeness (QED) is 0.484. The summed E-state index contributed by atoms with van der Waals surface area (Å²) in [5.41, 5.74) is 0.732. The molecule has 1 heterocycles. The van der Waals surface area contributed by atoms with E-state index in [1.54, 1.807) is 53.6 Å². The summed E-state index contributed by atoms with van der Waals surface area (Å²) in [6, 6.07) is 8.97. The first-order valence-corrected chi connectivity index (χ1v) is 10.9. The van der Waals surface area contributed by atoms with Crippen LogP contribution in [0.15, 0.2) is 35.3 Å². The maximum atomic E-state index is 13.2. The lowest BCUT2D eigenvalue weighted by Crippen LogP contribution is -2.50. The van der Waals surface area contributed by atoms with E-state index < -0.39 is 17.8 Å². The topological polar surface area (TPSA) is 94.0 Å². The molecule has 0 spiro atoms. The molecular formula is C25H31NO8. The highest BCUT2D eigenvalue weighted by Gasteiger charge is 2.54. The first-order chi connectivity index (χ1) is 16.4. The summed E-state index contributed by atoms with van der Waals surface area (Å²) in [6.45, 7) is 4.13. The largest absolute Gasteiger partial charge is 0.493 e. The summed E-state index contributed by atoms with van der Waals surface area (Å²) in [4.78, 5) is 18.1. The molecule has 2 atom stereocenters. The van der Waals surface area contributed by atoms with Crippen molar-refractivity contribution in [2.45, 2.75) is 25.7 Å². The molecule has 0 aliphatic carbocycles. The molecule has 0 radical (unpaired) electrons. The molecule has 9 heteroatoms. The molecule has 2 aromatic carbocycles. The van der Waals surface area contributed by atoms with Crippen LogP contribution in [0.25, 0.3) is 0 Å². The summed E-state index contributed by atoms with van der Waals surface area (Å²) in [5, 5.41) is 0. The fourth-order valence-corrected chi connectivity index (χ4v) is 4.07. The molecule has 1 aliphatic heterocycles. The van der Waals surface area contributed by atoms with Crippen LogP contribution < -0.4 is 18.9 Å². The van der Waals surface area contributed by atoms with Crippen molar-refractivity contribution in [3.8, 4) is 23.0 Å². The van der Waals surface area contributed by atoms with Crippen molar-refractivity contribution in [3.63, 3.8) is 0 Å². The zero-order chi connectivity index (χ0) is 24.9. The number of nitrogens with zero attached hydrogens (tertiary/aromatic N) is 1. The zero-order valence-electron chi connectivity index (χ0n) is 20.6. The maximum absolute atomic E-state index is 13.2. The molecule has 2 unspecified atom stereocenters. The van der Waals surface area contributed by atoms with E-state index in [9.17, 15) is 4.79 Å². The third kappa shape index (κ3) is 4.28. The number of hydrogen-bond acceptors (Lipinski definition) is 9. The first kappa shape index (κ1) is 25.3. The van der Waals surface area contributed by atoms with Crippen LogP contribution in [-0.4, -0.2) is 66.2 Å². The standard InChI is InChI=1S/C25H31NO8/c1-8-33-23-17-14-21(31-6)20(30-5)13-16(17)22(26-25(23,34-9-2)24(27)32-7)15-10-11-18(28-3)19(12-15)29-4/h10-14,23H,8-9H2,1-7H3. The van der Waals surface area contributed by atoms with Crippen LogP contribution in [0.4, 0.5) is 0 Å². The molecule has 0 N–H and O–H groups in total. The molecule has 0 saturated carbocycles. The van der Waals surface area contributed by atoms with Crippen molar-refractivity contribution in [3.05, 3.63) is 47.0 Å². The highest BCUT2D eigenvalue weighted by atomic mass is 16.6. The van der Waals surface area contributed by atoms with E-state index in [4.69, 9.17) is 38.2 Å². The highest BCUT2D eigenvalue weighted by Crippen LogP contribution is 2.46. The van der Waals surface area contributed by atoms with Crippen molar-refractivity contribution in [1.82, 2.24) is 0 Å². The molecule has 3 rings (SSSR count). The van der Waals surface area contributed by atoms with E-state index in [1.165, 1.54) is 7.11 Å². The monoisotopic (exact) mass is 473 g/mol. The summed E-state index contributed by atoms with van der Waals surface area (Å²) in [5.74, 6) is 1.39. The van der Waals surface area contributed by atoms with Crippen molar-refractivity contribution in [2.75, 3.05) is 48.8 Å². The van der Waals surface area contributed by atoms with Crippen LogP contribution in [0, 0.1) is 0 Å². The molecule has 0 amide bonds. The Labute approximate surface area is 199 Å². The number of fused-ring (bicyclic) bond motifs is 1. The van der Waals surface area contributed by atoms with Gasteiger partial charge in [0.05, 0.1) is 41.3 Å². The Morgan fingerprint density at radius 1 is 0.853 bits per heavy atom. The predicted octanol–water partition coefficient (Wildman–Crippen LogP) is 3.56. The molecule has 0 aromatic heterocycles. The lowest BCUT2D eigenvalue weighted by atomic mass is 9.85. The van der Waals surface area contributed by atoms with Crippen LogP contribution in [0.3, 0.4) is 0 Å². The molecule has 0 bridgehead atoms. The van der Waals surface area contributed by atoms with Gasteiger partial charge < -0.3 is 33.2 Å². The Kier molecular flexibility index (Phi) is 8.01. The lowest BCUT2D eigenvalue weighted by Gasteiger charge is -2.39. The molecule has 184 valence electrons. The van der Waals surface area contributed by atoms with Gasteiger partial charge in [0, 0.05) is 24.3 Å². The SMILES string of the molecule is CCOC1c2cc(OC)c(OC)cc2C(c2ccc(OC)c(OC)c2)=NC1(OCC)C(=O)OC. The van der Waals surface area contributed by atoms with Gasteiger partial charge in [-0.1, -0.05) is 0 Å². The van der Waals surface area contributed by atoms with Gasteiger partial charge in [0.25, 0.3) is 5.72 Å². The Morgan fingerprint density at radius 2 is 1.47 bits per heavy atom. The van der Waals surface area contributed by atoms with Gasteiger partial charge in [0.15, 0.2) is 23.0 Å². The number of rotatable bonds is 10. The van der Waals surface area contributed by atoms with Crippen LogP contribution in [0.5, 0.6) is 23.0 Å². The number of benzene rings is 2. The minimum Gasteiger partial charge on any atom is -0.493 e. The number of aliphatic imine (C=N–C) groups is 1. The summed E-state index contributed by atoms with van der Waals surface area (Å²) < 4.78 is 39.2. The van der Waals surface area contributed by atoms with Crippen LogP contribution >= 0.6 is 0 Å². The molecule has 9 nitrogen and oxygen atoms in total. The number of carbonyl (C=O) groups is 1. The second kappa shape index (κ2) is 10.8. The second-order valence-corrected chi connectivity index (χ2v) is 7.28. The van der Waals surface area contributed by atoms with E-state index in [2.05, 4.69) is 0 Å². The van der Waals surface area contributed by atoms with Crippen molar-refractivity contribution in [1.29, 1.82) is 0 Å². The normalized spacial score (nSPS) is 19.0. The van der Waals surface area contributed by atoms with Gasteiger partial charge in [-0.2, -0.15) is 0 Å². The fourth-order valence-electron chi connectivity index (χ4n) is 4.07. The fraction of sp³-hybridized carbons (Fsp3) is 0.440.